The van der Waals surface area contributed by atoms with Crippen LogP contribution in [0.25, 0.3) is 0 Å². The number of rotatable bonds is 6. The number of nitro benzene ring substituents is 1. The molecule has 0 unspecified atom stereocenters. The van der Waals surface area contributed by atoms with Crippen LogP contribution >= 0.6 is 0 Å². The van der Waals surface area contributed by atoms with Gasteiger partial charge in [-0.3, -0.25) is 10.1 Å². The first-order valence-electron chi connectivity index (χ1n) is 5.60. The van der Waals surface area contributed by atoms with E-state index in [9.17, 15) is 10.1 Å². The molecule has 0 amide bonds. The second-order valence-corrected chi connectivity index (χ2v) is 3.61. The zero-order valence-electron chi connectivity index (χ0n) is 10.2. The maximum atomic E-state index is 10.8. The number of ether oxygens (including phenoxy) is 1. The first-order chi connectivity index (χ1) is 9.19. The Hall–Kier alpha value is -2.64. The fourth-order valence-corrected chi connectivity index (χ4v) is 1.49. The van der Waals surface area contributed by atoms with E-state index in [1.165, 1.54) is 18.5 Å². The minimum atomic E-state index is -0.470. The average Bonchev–Trinajstić information content (AvgIpc) is 2.89. The van der Waals surface area contributed by atoms with Crippen LogP contribution in [0.3, 0.4) is 0 Å². The Balaban J connectivity index is 2.16. The van der Waals surface area contributed by atoms with Crippen molar-refractivity contribution < 1.29 is 14.2 Å². The molecule has 0 atom stereocenters. The van der Waals surface area contributed by atoms with E-state index < -0.39 is 4.92 Å². The average molecular weight is 264 g/mol. The van der Waals surface area contributed by atoms with Crippen molar-refractivity contribution in [2.24, 2.45) is 0 Å². The Morgan fingerprint density at radius 1 is 1.47 bits per heavy atom. The third-order valence-electron chi connectivity index (χ3n) is 2.27. The zero-order valence-corrected chi connectivity index (χ0v) is 10.2. The molecule has 19 heavy (non-hydrogen) atoms. The quantitative estimate of drug-likeness (QED) is 0.628. The lowest BCUT2D eigenvalue weighted by atomic mass is 10.2. The van der Waals surface area contributed by atoms with Crippen molar-refractivity contribution in [1.29, 1.82) is 0 Å². The van der Waals surface area contributed by atoms with Gasteiger partial charge in [0.2, 0.25) is 6.39 Å². The Morgan fingerprint density at radius 3 is 2.95 bits per heavy atom. The first kappa shape index (κ1) is 12.8. The van der Waals surface area contributed by atoms with E-state index in [1.807, 2.05) is 6.92 Å². The van der Waals surface area contributed by atoms with Crippen LogP contribution < -0.4 is 10.1 Å². The van der Waals surface area contributed by atoms with Gasteiger partial charge in [-0.25, -0.2) is 0 Å². The minimum Gasteiger partial charge on any atom is -0.494 e. The maximum absolute atomic E-state index is 10.8. The molecule has 2 aromatic rings. The summed E-state index contributed by atoms with van der Waals surface area (Å²) in [5.41, 5.74) is 0.518. The molecular weight excluding hydrogens is 252 g/mol. The SMILES string of the molecule is CCOc1cc(NCc2ncon2)cc([N+](=O)[O-])c1. The minimum absolute atomic E-state index is 0.0402. The number of nitro groups is 1. The lowest BCUT2D eigenvalue weighted by Gasteiger charge is -2.07. The third-order valence-corrected chi connectivity index (χ3v) is 2.27. The van der Waals surface area contributed by atoms with E-state index in [0.717, 1.165) is 0 Å². The summed E-state index contributed by atoms with van der Waals surface area (Å²) < 4.78 is 9.87. The van der Waals surface area contributed by atoms with Gasteiger partial charge in [-0.15, -0.1) is 0 Å². The molecule has 1 heterocycles. The molecule has 100 valence electrons. The zero-order chi connectivity index (χ0) is 13.7. The standard InChI is InChI=1S/C11H12N4O4/c1-2-18-10-4-8(3-9(5-10)15(16)17)12-6-11-13-7-19-14-11/h3-5,7,12H,2,6H2,1H3. The Bertz CT molecular complexity index is 556. The molecule has 1 aromatic carbocycles. The predicted octanol–water partition coefficient (Wildman–Crippen LogP) is 1.99. The van der Waals surface area contributed by atoms with E-state index in [1.54, 1.807) is 6.07 Å². The Labute approximate surface area is 108 Å². The summed E-state index contributed by atoms with van der Waals surface area (Å²) in [4.78, 5) is 14.2. The van der Waals surface area contributed by atoms with Crippen LogP contribution in [0.15, 0.2) is 29.1 Å². The summed E-state index contributed by atoms with van der Waals surface area (Å²) in [6.45, 7) is 2.56. The highest BCUT2D eigenvalue weighted by Crippen LogP contribution is 2.26. The third kappa shape index (κ3) is 3.41. The van der Waals surface area contributed by atoms with Crippen LogP contribution in [0.2, 0.25) is 0 Å². The normalized spacial score (nSPS) is 10.2. The van der Waals surface area contributed by atoms with Gasteiger partial charge in [0.1, 0.15) is 5.75 Å². The smallest absolute Gasteiger partial charge is 0.275 e. The number of benzene rings is 1. The summed E-state index contributed by atoms with van der Waals surface area (Å²) in [6.07, 6.45) is 1.22. The fourth-order valence-electron chi connectivity index (χ4n) is 1.49. The molecule has 0 aliphatic rings. The molecular formula is C11H12N4O4. The molecule has 0 fully saturated rings. The molecule has 0 saturated carbocycles. The molecule has 0 aliphatic carbocycles. The number of hydrogen-bond donors (Lipinski definition) is 1. The molecule has 1 aromatic heterocycles. The van der Waals surface area contributed by atoms with Gasteiger partial charge in [0.15, 0.2) is 5.82 Å². The van der Waals surface area contributed by atoms with Crippen LogP contribution in [0.4, 0.5) is 11.4 Å². The fraction of sp³-hybridized carbons (Fsp3) is 0.273. The van der Waals surface area contributed by atoms with Crippen molar-refractivity contribution in [2.75, 3.05) is 11.9 Å². The summed E-state index contributed by atoms with van der Waals surface area (Å²) in [5, 5.41) is 17.4. The Kier molecular flexibility index (Phi) is 3.91. The van der Waals surface area contributed by atoms with Crippen molar-refractivity contribution in [3.05, 3.63) is 40.5 Å². The van der Waals surface area contributed by atoms with Crippen LogP contribution in [0.1, 0.15) is 12.7 Å². The molecule has 1 N–H and O–H groups in total. The highest BCUT2D eigenvalue weighted by molar-refractivity contribution is 5.56. The lowest BCUT2D eigenvalue weighted by molar-refractivity contribution is -0.384. The summed E-state index contributed by atoms with van der Waals surface area (Å²) >= 11 is 0. The molecule has 0 radical (unpaired) electrons. The van der Waals surface area contributed by atoms with Crippen LogP contribution in [0.5, 0.6) is 5.75 Å². The number of anilines is 1. The second kappa shape index (κ2) is 5.80. The van der Waals surface area contributed by atoms with Crippen LogP contribution in [-0.2, 0) is 6.54 Å². The Morgan fingerprint density at radius 2 is 2.32 bits per heavy atom. The molecule has 2 rings (SSSR count). The highest BCUT2D eigenvalue weighted by Gasteiger charge is 2.11. The number of nitrogens with one attached hydrogen (secondary N) is 1. The molecule has 0 aliphatic heterocycles. The molecule has 0 spiro atoms. The van der Waals surface area contributed by atoms with E-state index in [2.05, 4.69) is 20.0 Å². The van der Waals surface area contributed by atoms with E-state index in [4.69, 9.17) is 4.74 Å². The number of non-ortho nitro benzene ring substituents is 1. The van der Waals surface area contributed by atoms with Gasteiger partial charge in [-0.05, 0) is 6.92 Å². The number of aromatic nitrogens is 2. The topological polar surface area (TPSA) is 103 Å². The van der Waals surface area contributed by atoms with Gasteiger partial charge in [-0.1, -0.05) is 5.16 Å². The van der Waals surface area contributed by atoms with Crippen LogP contribution in [-0.4, -0.2) is 21.7 Å². The summed E-state index contributed by atoms with van der Waals surface area (Å²) in [6, 6.07) is 4.47. The predicted molar refractivity (Wildman–Crippen MR) is 65.9 cm³/mol. The van der Waals surface area contributed by atoms with Crippen molar-refractivity contribution in [2.45, 2.75) is 13.5 Å². The summed E-state index contributed by atoms with van der Waals surface area (Å²) in [5.74, 6) is 0.900. The van der Waals surface area contributed by atoms with E-state index in [-0.39, 0.29) is 5.69 Å². The largest absolute Gasteiger partial charge is 0.494 e. The molecule has 8 nitrogen and oxygen atoms in total. The highest BCUT2D eigenvalue weighted by atomic mass is 16.6. The van der Waals surface area contributed by atoms with Gasteiger partial charge >= 0.3 is 0 Å². The lowest BCUT2D eigenvalue weighted by Crippen LogP contribution is -2.02. The molecule has 0 bridgehead atoms. The van der Waals surface area contributed by atoms with Crippen molar-refractivity contribution in [3.63, 3.8) is 0 Å². The van der Waals surface area contributed by atoms with E-state index >= 15 is 0 Å². The van der Waals surface area contributed by atoms with Gasteiger partial charge in [0.25, 0.3) is 5.69 Å². The van der Waals surface area contributed by atoms with Gasteiger partial charge < -0.3 is 14.6 Å². The van der Waals surface area contributed by atoms with Crippen molar-refractivity contribution >= 4 is 11.4 Å². The van der Waals surface area contributed by atoms with Gasteiger partial charge in [-0.2, -0.15) is 4.98 Å². The monoisotopic (exact) mass is 264 g/mol. The second-order valence-electron chi connectivity index (χ2n) is 3.61. The first-order valence-corrected chi connectivity index (χ1v) is 5.60. The summed E-state index contributed by atoms with van der Waals surface area (Å²) in [7, 11) is 0. The van der Waals surface area contributed by atoms with Crippen molar-refractivity contribution in [1.82, 2.24) is 10.1 Å². The number of nitrogens with zero attached hydrogens (tertiary/aromatic N) is 3. The molecule has 0 saturated heterocycles. The molecule has 8 heteroatoms. The van der Waals surface area contributed by atoms with Crippen molar-refractivity contribution in [3.8, 4) is 5.75 Å². The number of hydrogen-bond acceptors (Lipinski definition) is 7. The maximum Gasteiger partial charge on any atom is 0.275 e. The van der Waals surface area contributed by atoms with Gasteiger partial charge in [0.05, 0.1) is 24.1 Å². The van der Waals surface area contributed by atoms with E-state index in [0.29, 0.717) is 30.4 Å². The van der Waals surface area contributed by atoms with Gasteiger partial charge in [0, 0.05) is 17.8 Å². The van der Waals surface area contributed by atoms with Crippen LogP contribution in [0, 0.1) is 10.1 Å².